The van der Waals surface area contributed by atoms with Crippen molar-refractivity contribution in [3.8, 4) is 0 Å². The van der Waals surface area contributed by atoms with Crippen molar-refractivity contribution in [3.05, 3.63) is 12.7 Å². The van der Waals surface area contributed by atoms with Crippen LogP contribution in [0, 0.1) is 0 Å². The van der Waals surface area contributed by atoms with Gasteiger partial charge in [-0.2, -0.15) is 0 Å². The highest BCUT2D eigenvalue weighted by molar-refractivity contribution is 5.77. The molecular weight excluding hydrogens is 202 g/mol. The highest BCUT2D eigenvalue weighted by Crippen LogP contribution is 2.31. The summed E-state index contributed by atoms with van der Waals surface area (Å²) in [5, 5.41) is 2.97. The Morgan fingerprint density at radius 2 is 2.19 bits per heavy atom. The second kappa shape index (κ2) is 6.53. The Morgan fingerprint density at radius 3 is 2.75 bits per heavy atom. The van der Waals surface area contributed by atoms with Crippen LogP contribution in [0.1, 0.15) is 32.1 Å². The fraction of sp³-hybridized carbons (Fsp3) is 0.750. The molecule has 3 N–H and O–H groups in total. The number of guanidine groups is 1. The number of rotatable bonds is 5. The topological polar surface area (TPSA) is 59.6 Å². The fourth-order valence-electron chi connectivity index (χ4n) is 2.08. The van der Waals surface area contributed by atoms with Gasteiger partial charge in [0, 0.05) is 13.7 Å². The SMILES string of the molecule is C=CCNC(N)=NCC1(OC)CCCCC1. The number of nitrogens with two attached hydrogens (primary N) is 1. The number of aliphatic imine (C=N–C) groups is 1. The second-order valence-electron chi connectivity index (χ2n) is 4.32. The van der Waals surface area contributed by atoms with Gasteiger partial charge in [-0.3, -0.25) is 4.99 Å². The van der Waals surface area contributed by atoms with Gasteiger partial charge in [0.15, 0.2) is 5.96 Å². The van der Waals surface area contributed by atoms with Crippen LogP contribution in [0.2, 0.25) is 0 Å². The van der Waals surface area contributed by atoms with E-state index in [2.05, 4.69) is 16.9 Å². The molecule has 0 aromatic heterocycles. The molecule has 0 unspecified atom stereocenters. The van der Waals surface area contributed by atoms with E-state index in [9.17, 15) is 0 Å². The summed E-state index contributed by atoms with van der Waals surface area (Å²) in [6.07, 6.45) is 7.68. The quantitative estimate of drug-likeness (QED) is 0.423. The molecule has 0 amide bonds. The van der Waals surface area contributed by atoms with Crippen LogP contribution in [0.4, 0.5) is 0 Å². The largest absolute Gasteiger partial charge is 0.376 e. The Labute approximate surface area is 98.0 Å². The molecule has 0 radical (unpaired) electrons. The summed E-state index contributed by atoms with van der Waals surface area (Å²) < 4.78 is 5.62. The Balaban J connectivity index is 2.45. The molecule has 0 saturated heterocycles. The first-order valence-corrected chi connectivity index (χ1v) is 5.92. The molecule has 4 nitrogen and oxygen atoms in total. The molecule has 1 fully saturated rings. The summed E-state index contributed by atoms with van der Waals surface area (Å²) in [6, 6.07) is 0. The fourth-order valence-corrected chi connectivity index (χ4v) is 2.08. The van der Waals surface area contributed by atoms with Crippen molar-refractivity contribution < 1.29 is 4.74 Å². The van der Waals surface area contributed by atoms with Crippen molar-refractivity contribution in [2.45, 2.75) is 37.7 Å². The molecule has 1 saturated carbocycles. The summed E-state index contributed by atoms with van der Waals surface area (Å²) in [5.74, 6) is 0.474. The lowest BCUT2D eigenvalue weighted by Crippen LogP contribution is -2.39. The maximum Gasteiger partial charge on any atom is 0.188 e. The molecule has 0 aromatic carbocycles. The molecule has 0 bridgehead atoms. The zero-order valence-electron chi connectivity index (χ0n) is 10.2. The minimum atomic E-state index is -0.0846. The lowest BCUT2D eigenvalue weighted by Gasteiger charge is -2.34. The molecular formula is C12H23N3O. The van der Waals surface area contributed by atoms with E-state index in [1.807, 2.05) is 0 Å². The monoisotopic (exact) mass is 225 g/mol. The predicted molar refractivity (Wildman–Crippen MR) is 67.5 cm³/mol. The lowest BCUT2D eigenvalue weighted by molar-refractivity contribution is -0.0308. The molecule has 1 aliphatic carbocycles. The van der Waals surface area contributed by atoms with Crippen molar-refractivity contribution in [2.24, 2.45) is 10.7 Å². The maximum absolute atomic E-state index is 5.73. The first-order valence-electron chi connectivity index (χ1n) is 5.92. The van der Waals surface area contributed by atoms with E-state index in [0.29, 0.717) is 19.0 Å². The molecule has 92 valence electrons. The zero-order valence-corrected chi connectivity index (χ0v) is 10.2. The number of hydrogen-bond acceptors (Lipinski definition) is 2. The van der Waals surface area contributed by atoms with E-state index in [0.717, 1.165) is 12.8 Å². The Hall–Kier alpha value is -1.03. The van der Waals surface area contributed by atoms with Crippen molar-refractivity contribution in [1.29, 1.82) is 0 Å². The molecule has 16 heavy (non-hydrogen) atoms. The molecule has 0 aromatic rings. The van der Waals surface area contributed by atoms with Crippen LogP contribution in [0.3, 0.4) is 0 Å². The van der Waals surface area contributed by atoms with Crippen LogP contribution in [-0.4, -0.2) is 31.8 Å². The standard InChI is InChI=1S/C12H23N3O/c1-3-9-14-11(13)15-10-12(16-2)7-5-4-6-8-12/h3H,1,4-10H2,2H3,(H3,13,14,15). The number of nitrogens with zero attached hydrogens (tertiary/aromatic N) is 1. The summed E-state index contributed by atoms with van der Waals surface area (Å²) in [4.78, 5) is 4.34. The van der Waals surface area contributed by atoms with Crippen LogP contribution in [0.5, 0.6) is 0 Å². The summed E-state index contributed by atoms with van der Waals surface area (Å²) >= 11 is 0. The van der Waals surface area contributed by atoms with Gasteiger partial charge in [-0.15, -0.1) is 6.58 Å². The highest BCUT2D eigenvalue weighted by Gasteiger charge is 2.31. The number of nitrogens with one attached hydrogen (secondary N) is 1. The Kier molecular flexibility index (Phi) is 5.32. The predicted octanol–water partition coefficient (Wildman–Crippen LogP) is 1.43. The molecule has 1 aliphatic rings. The molecule has 0 heterocycles. The normalized spacial score (nSPS) is 20.4. The van der Waals surface area contributed by atoms with E-state index >= 15 is 0 Å². The molecule has 0 aliphatic heterocycles. The Morgan fingerprint density at radius 1 is 1.50 bits per heavy atom. The van der Waals surface area contributed by atoms with E-state index in [1.54, 1.807) is 13.2 Å². The first kappa shape index (κ1) is 13.0. The summed E-state index contributed by atoms with van der Waals surface area (Å²) in [7, 11) is 1.77. The van der Waals surface area contributed by atoms with Crippen molar-refractivity contribution in [3.63, 3.8) is 0 Å². The maximum atomic E-state index is 5.73. The Bertz CT molecular complexity index is 245. The lowest BCUT2D eigenvalue weighted by atomic mass is 9.85. The highest BCUT2D eigenvalue weighted by atomic mass is 16.5. The summed E-state index contributed by atoms with van der Waals surface area (Å²) in [6.45, 7) is 4.92. The van der Waals surface area contributed by atoms with Gasteiger partial charge in [-0.1, -0.05) is 25.3 Å². The van der Waals surface area contributed by atoms with Crippen LogP contribution < -0.4 is 11.1 Å². The number of hydrogen-bond donors (Lipinski definition) is 2. The molecule has 1 rings (SSSR count). The van der Waals surface area contributed by atoms with Crippen LogP contribution in [0.15, 0.2) is 17.6 Å². The third-order valence-corrected chi connectivity index (χ3v) is 3.16. The van der Waals surface area contributed by atoms with E-state index in [1.165, 1.54) is 19.3 Å². The van der Waals surface area contributed by atoms with Crippen LogP contribution >= 0.6 is 0 Å². The van der Waals surface area contributed by atoms with Gasteiger partial charge >= 0.3 is 0 Å². The third-order valence-electron chi connectivity index (χ3n) is 3.16. The van der Waals surface area contributed by atoms with Crippen molar-refractivity contribution in [1.82, 2.24) is 5.32 Å². The van der Waals surface area contributed by atoms with Gasteiger partial charge in [0.2, 0.25) is 0 Å². The molecule has 0 spiro atoms. The number of methoxy groups -OCH3 is 1. The zero-order chi connectivity index (χ0) is 11.9. The summed E-state index contributed by atoms with van der Waals surface area (Å²) in [5.41, 5.74) is 5.64. The molecule has 0 atom stereocenters. The van der Waals surface area contributed by atoms with Gasteiger partial charge < -0.3 is 15.8 Å². The van der Waals surface area contributed by atoms with Crippen LogP contribution in [0.25, 0.3) is 0 Å². The van der Waals surface area contributed by atoms with Crippen molar-refractivity contribution in [2.75, 3.05) is 20.2 Å². The van der Waals surface area contributed by atoms with E-state index < -0.39 is 0 Å². The van der Waals surface area contributed by atoms with Gasteiger partial charge in [0.1, 0.15) is 0 Å². The van der Waals surface area contributed by atoms with Gasteiger partial charge in [-0.05, 0) is 12.8 Å². The first-order chi connectivity index (χ1) is 7.72. The van der Waals surface area contributed by atoms with E-state index in [4.69, 9.17) is 10.5 Å². The minimum Gasteiger partial charge on any atom is -0.376 e. The van der Waals surface area contributed by atoms with Gasteiger partial charge in [0.05, 0.1) is 12.1 Å². The average molecular weight is 225 g/mol. The van der Waals surface area contributed by atoms with Gasteiger partial charge in [-0.25, -0.2) is 0 Å². The minimum absolute atomic E-state index is 0.0846. The van der Waals surface area contributed by atoms with E-state index in [-0.39, 0.29) is 5.60 Å². The molecule has 4 heteroatoms. The second-order valence-corrected chi connectivity index (χ2v) is 4.32. The van der Waals surface area contributed by atoms with Crippen LogP contribution in [-0.2, 0) is 4.74 Å². The van der Waals surface area contributed by atoms with Gasteiger partial charge in [0.25, 0.3) is 0 Å². The third kappa shape index (κ3) is 3.85. The smallest absolute Gasteiger partial charge is 0.188 e. The average Bonchev–Trinajstić information content (AvgIpc) is 2.35. The van der Waals surface area contributed by atoms with Crippen molar-refractivity contribution >= 4 is 5.96 Å². The number of ether oxygens (including phenoxy) is 1.